The third kappa shape index (κ3) is 14.6. The first-order valence-corrected chi connectivity index (χ1v) is 20.4. The molecule has 0 amide bonds. The van der Waals surface area contributed by atoms with Crippen LogP contribution < -0.4 is 52.1 Å². The zero-order valence-corrected chi connectivity index (χ0v) is 37.2. The number of fused-ring (bicyclic) bond motifs is 2. The minimum Gasteiger partial charge on any atom is -1.00 e. The Morgan fingerprint density at radius 1 is 0.661 bits per heavy atom. The molecule has 3 radical (unpaired) electrons. The van der Waals surface area contributed by atoms with Crippen LogP contribution >= 0.6 is 8.58 Å². The van der Waals surface area contributed by atoms with E-state index in [9.17, 15) is 39.6 Å². The summed E-state index contributed by atoms with van der Waals surface area (Å²) in [5.41, 5.74) is 7.17. The van der Waals surface area contributed by atoms with Gasteiger partial charge in [-0.25, -0.2) is 0 Å². The Balaban J connectivity index is 0.000000854. The van der Waals surface area contributed by atoms with Crippen molar-refractivity contribution in [2.75, 3.05) is 13.3 Å². The smallest absolute Gasteiger partial charge is 1.00 e. The molecule has 313 valence electrons. The van der Waals surface area contributed by atoms with E-state index in [0.29, 0.717) is 47.2 Å². The van der Waals surface area contributed by atoms with Crippen LogP contribution in [0, 0.1) is 0 Å². The molecule has 2 aliphatic heterocycles. The van der Waals surface area contributed by atoms with Crippen LogP contribution in [0.3, 0.4) is 0 Å². The molecule has 0 fully saturated rings. The van der Waals surface area contributed by atoms with Gasteiger partial charge in [0.1, 0.15) is 12.4 Å². The molecule has 0 spiro atoms. The first-order chi connectivity index (χ1) is 28.1. The Morgan fingerprint density at radius 2 is 1.08 bits per heavy atom. The van der Waals surface area contributed by atoms with Crippen molar-refractivity contribution in [1.29, 1.82) is 0 Å². The maximum absolute atomic E-state index is 12.2. The molecule has 2 aliphatic rings. The van der Waals surface area contributed by atoms with Gasteiger partial charge in [-0.3, -0.25) is 14.4 Å². The van der Waals surface area contributed by atoms with Crippen LogP contribution in [-0.2, 0) is 22.5 Å². The van der Waals surface area contributed by atoms with E-state index in [1.54, 1.807) is 54.6 Å². The molecule has 8 rings (SSSR count). The van der Waals surface area contributed by atoms with Crippen LogP contribution in [-0.4, -0.2) is 86.2 Å². The molecule has 1 atom stereocenters. The fraction of sp³-hybridized carbons (Fsp3) is 0.133. The van der Waals surface area contributed by atoms with E-state index < -0.39 is 27.5 Å². The standard InChI is InChI=1S/C14H11BO4.C14H13BO3.C14H11BO3.C2H7P.CH4.B.H3N.Na.H/c16-9-12-7-6-11(8-13(12)15(18)19)14(17)10-4-2-1-3-5-10;2*16-14(10-4-2-1-3-5-10)11-6-7-12-9-18-15(17)13(12)8-11;1-3-2;;;;;/h1-9,18-19H;1-8,14,16-17H,9H2;1-8,17H,9H2;3H,1-2H3;1H4;;1H3;;/q;;;;;;;+1;-1. The van der Waals surface area contributed by atoms with Gasteiger partial charge in [-0.15, -0.1) is 8.58 Å². The third-order valence-electron chi connectivity index (χ3n) is 9.16. The van der Waals surface area contributed by atoms with Gasteiger partial charge in [0, 0.05) is 36.2 Å². The van der Waals surface area contributed by atoms with Crippen molar-refractivity contribution in [3.63, 3.8) is 0 Å². The molecular weight excluding hydrogens is 812 g/mol. The summed E-state index contributed by atoms with van der Waals surface area (Å²) in [5, 5.41) is 48.0. The van der Waals surface area contributed by atoms with E-state index >= 15 is 0 Å². The molecule has 2 heterocycles. The summed E-state index contributed by atoms with van der Waals surface area (Å²) in [7, 11) is -2.49. The maximum Gasteiger partial charge on any atom is 1.00 e. The second-order valence-corrected chi connectivity index (χ2v) is 14.2. The van der Waals surface area contributed by atoms with Crippen molar-refractivity contribution in [1.82, 2.24) is 6.15 Å². The van der Waals surface area contributed by atoms with Crippen LogP contribution in [0.2, 0.25) is 0 Å². The summed E-state index contributed by atoms with van der Waals surface area (Å²) in [6, 6.07) is 42.3. The number of ketones is 2. The summed E-state index contributed by atoms with van der Waals surface area (Å²) in [4.78, 5) is 35.2. The van der Waals surface area contributed by atoms with Crippen molar-refractivity contribution < 1.29 is 79.9 Å². The minimum absolute atomic E-state index is 0. The van der Waals surface area contributed by atoms with Crippen LogP contribution in [0.4, 0.5) is 0 Å². The van der Waals surface area contributed by atoms with Crippen molar-refractivity contribution >= 4 is 72.6 Å². The fourth-order valence-electron chi connectivity index (χ4n) is 6.15. The van der Waals surface area contributed by atoms with Gasteiger partial charge in [0.15, 0.2) is 11.6 Å². The molecule has 62 heavy (non-hydrogen) atoms. The van der Waals surface area contributed by atoms with Gasteiger partial charge in [0.2, 0.25) is 0 Å². The van der Waals surface area contributed by atoms with Gasteiger partial charge in [0.05, 0.1) is 13.2 Å². The maximum atomic E-state index is 12.2. The Morgan fingerprint density at radius 3 is 1.55 bits per heavy atom. The number of benzene rings is 6. The molecule has 6 aromatic carbocycles. The first kappa shape index (κ1) is 55.7. The zero-order valence-electron chi connectivity index (χ0n) is 35.2. The summed E-state index contributed by atoms with van der Waals surface area (Å²) < 4.78 is 10.2. The molecule has 0 bridgehead atoms. The zero-order chi connectivity index (χ0) is 41.6. The summed E-state index contributed by atoms with van der Waals surface area (Å²) >= 11 is 0. The van der Waals surface area contributed by atoms with Gasteiger partial charge in [0.25, 0.3) is 0 Å². The second-order valence-electron chi connectivity index (χ2n) is 13.2. The molecule has 8 N–H and O–H groups in total. The molecule has 0 aliphatic carbocycles. The van der Waals surface area contributed by atoms with E-state index in [-0.39, 0.29) is 75.6 Å². The topological polar surface area (TPSA) is 206 Å². The fourth-order valence-corrected chi connectivity index (χ4v) is 6.15. The number of aldehydes is 1. The number of aliphatic hydroxyl groups is 1. The molecule has 0 saturated carbocycles. The van der Waals surface area contributed by atoms with E-state index in [1.165, 1.54) is 18.2 Å². The van der Waals surface area contributed by atoms with Gasteiger partial charge < -0.3 is 42.1 Å². The van der Waals surface area contributed by atoms with E-state index in [1.807, 2.05) is 72.8 Å². The molecule has 0 aromatic heterocycles. The number of carbonyl (C=O) groups is 3. The van der Waals surface area contributed by atoms with Crippen LogP contribution in [0.5, 0.6) is 0 Å². The predicted molar refractivity (Wildman–Crippen MR) is 248 cm³/mol. The SMILES string of the molecule is C.CPC.N.O=C(c1ccccc1)c1ccc2c(c1)B(O)OC2.O=Cc1ccc(C(=O)c2ccccc2)cc1B(O)O.OB1OCc2ccc(C(O)c3ccccc3)cc21.[B].[H-].[Na+]. The van der Waals surface area contributed by atoms with Crippen molar-refractivity contribution in [2.45, 2.75) is 26.7 Å². The van der Waals surface area contributed by atoms with Crippen LogP contribution in [0.25, 0.3) is 0 Å². The molecule has 1 unspecified atom stereocenters. The minimum atomic E-state index is -1.79. The van der Waals surface area contributed by atoms with Crippen molar-refractivity contribution in [3.8, 4) is 0 Å². The third-order valence-corrected chi connectivity index (χ3v) is 9.16. The number of aliphatic hydroxyl groups excluding tert-OH is 1. The van der Waals surface area contributed by atoms with E-state index in [2.05, 4.69) is 13.3 Å². The Hall–Kier alpha value is -4.30. The predicted octanol–water partition coefficient (Wildman–Crippen LogP) is 0.990. The van der Waals surface area contributed by atoms with Gasteiger partial charge in [-0.1, -0.05) is 153 Å². The Kier molecular flexibility index (Phi) is 24.9. The summed E-state index contributed by atoms with van der Waals surface area (Å²) in [6.45, 7) is 5.13. The molecular formula is C45H50B4NNaO10P. The average Bonchev–Trinajstić information content (AvgIpc) is 3.84. The van der Waals surface area contributed by atoms with E-state index in [0.717, 1.165) is 36.3 Å². The Labute approximate surface area is 392 Å². The second kappa shape index (κ2) is 27.7. The normalized spacial score (nSPS) is 11.8. The van der Waals surface area contributed by atoms with E-state index in [4.69, 9.17) is 9.31 Å². The van der Waals surface area contributed by atoms with Gasteiger partial charge in [-0.05, 0) is 52.0 Å². The molecule has 0 saturated heterocycles. The number of rotatable bonds is 8. The van der Waals surface area contributed by atoms with Crippen molar-refractivity contribution in [3.05, 3.63) is 196 Å². The monoisotopic (exact) mass is 862 g/mol. The number of carbonyl (C=O) groups excluding carboxylic acids is 3. The Bertz CT molecular complexity index is 2320. The van der Waals surface area contributed by atoms with Gasteiger partial charge in [-0.2, -0.15) is 0 Å². The summed E-state index contributed by atoms with van der Waals surface area (Å²) in [5.74, 6) is -0.280. The van der Waals surface area contributed by atoms with Crippen LogP contribution in [0.1, 0.15) is 79.4 Å². The number of hydrogen-bond acceptors (Lipinski definition) is 11. The molecule has 6 aromatic rings. The quantitative estimate of drug-likeness (QED) is 0.0551. The first-order valence-electron chi connectivity index (χ1n) is 18.4. The average molecular weight is 862 g/mol. The number of hydrogen-bond donors (Lipinski definition) is 6. The van der Waals surface area contributed by atoms with Crippen LogP contribution in [0.15, 0.2) is 146 Å². The summed E-state index contributed by atoms with van der Waals surface area (Å²) in [6.07, 6.45) is -0.157. The largest absolute Gasteiger partial charge is 1.00 e. The van der Waals surface area contributed by atoms with Gasteiger partial charge >= 0.3 is 50.9 Å². The molecule has 17 heteroatoms. The molecule has 11 nitrogen and oxygen atoms in total. The van der Waals surface area contributed by atoms with Crippen molar-refractivity contribution in [2.24, 2.45) is 0 Å².